The van der Waals surface area contributed by atoms with Crippen LogP contribution in [0.1, 0.15) is 37.1 Å². The van der Waals surface area contributed by atoms with Gasteiger partial charge in [-0.05, 0) is 43.6 Å². The van der Waals surface area contributed by atoms with E-state index in [2.05, 4.69) is 27.9 Å². The number of hydrogen-bond donors (Lipinski definition) is 2. The molecule has 1 saturated carbocycles. The van der Waals surface area contributed by atoms with E-state index in [9.17, 15) is 9.59 Å². The van der Waals surface area contributed by atoms with E-state index in [1.807, 2.05) is 18.2 Å². The van der Waals surface area contributed by atoms with Crippen LogP contribution in [-0.4, -0.2) is 33.0 Å². The fourth-order valence-electron chi connectivity index (χ4n) is 3.64. The zero-order chi connectivity index (χ0) is 18.6. The fraction of sp³-hybridized carbons (Fsp3) is 0.550. The Morgan fingerprint density at radius 2 is 1.96 bits per heavy atom. The minimum atomic E-state index is -0.137. The van der Waals surface area contributed by atoms with Crippen molar-refractivity contribution in [3.8, 4) is 0 Å². The van der Waals surface area contributed by atoms with Crippen molar-refractivity contribution in [1.29, 1.82) is 0 Å². The summed E-state index contributed by atoms with van der Waals surface area (Å²) in [6, 6.07) is 10.0. The lowest BCUT2D eigenvalue weighted by Crippen LogP contribution is -2.43. The maximum absolute atomic E-state index is 12.5. The lowest BCUT2D eigenvalue weighted by Gasteiger charge is -2.16. The van der Waals surface area contributed by atoms with Crippen molar-refractivity contribution < 1.29 is 4.79 Å². The molecule has 0 spiro atoms. The number of nitrogens with zero attached hydrogens (tertiary/aromatic N) is 3. The highest BCUT2D eigenvalue weighted by Gasteiger charge is 2.26. The Morgan fingerprint density at radius 1 is 1.15 bits per heavy atom. The van der Waals surface area contributed by atoms with Gasteiger partial charge in [0.1, 0.15) is 5.82 Å². The van der Waals surface area contributed by atoms with E-state index in [1.165, 1.54) is 18.4 Å². The summed E-state index contributed by atoms with van der Waals surface area (Å²) in [5.41, 5.74) is 1.21. The SMILES string of the molecule is O=C(NCCc1ccccc1)N[C@H]1CCc2nn(CC3CC3)c(=O)n2CC1. The smallest absolute Gasteiger partial charge is 0.338 e. The standard InChI is InChI=1S/C20H27N5O2/c26-19(21-12-10-15-4-2-1-3-5-15)22-17-8-9-18-23-25(14-16-6-7-16)20(27)24(18)13-11-17/h1-5,16-17H,6-14H2,(H2,21,22,26)/t17-/m0/s1. The molecule has 4 rings (SSSR count). The maximum atomic E-state index is 12.5. The predicted molar refractivity (Wildman–Crippen MR) is 103 cm³/mol. The van der Waals surface area contributed by atoms with Gasteiger partial charge in [-0.1, -0.05) is 30.3 Å². The van der Waals surface area contributed by atoms with Gasteiger partial charge in [0, 0.05) is 32.1 Å². The maximum Gasteiger partial charge on any atom is 0.345 e. The minimum Gasteiger partial charge on any atom is -0.338 e. The van der Waals surface area contributed by atoms with Crippen molar-refractivity contribution >= 4 is 6.03 Å². The van der Waals surface area contributed by atoms with Gasteiger partial charge >= 0.3 is 11.7 Å². The Kier molecular flexibility index (Phi) is 5.27. The van der Waals surface area contributed by atoms with Gasteiger partial charge in [-0.25, -0.2) is 14.3 Å². The molecular weight excluding hydrogens is 342 g/mol. The number of hydrogen-bond acceptors (Lipinski definition) is 3. The second-order valence-corrected chi connectivity index (χ2v) is 7.64. The summed E-state index contributed by atoms with van der Waals surface area (Å²) in [6.07, 6.45) is 5.52. The molecule has 1 fully saturated rings. The molecule has 2 aliphatic rings. The molecule has 7 heteroatoms. The summed E-state index contributed by atoms with van der Waals surface area (Å²) in [4.78, 5) is 24.7. The van der Waals surface area contributed by atoms with Crippen LogP contribution in [0.4, 0.5) is 4.79 Å². The minimum absolute atomic E-state index is 0.00450. The van der Waals surface area contributed by atoms with E-state index in [0.717, 1.165) is 38.1 Å². The highest BCUT2D eigenvalue weighted by atomic mass is 16.2. The van der Waals surface area contributed by atoms with E-state index < -0.39 is 0 Å². The van der Waals surface area contributed by atoms with E-state index in [1.54, 1.807) is 9.25 Å². The van der Waals surface area contributed by atoms with Crippen LogP contribution in [0.2, 0.25) is 0 Å². The van der Waals surface area contributed by atoms with Crippen molar-refractivity contribution in [2.45, 2.75) is 57.7 Å². The third kappa shape index (κ3) is 4.59. The van der Waals surface area contributed by atoms with Gasteiger partial charge in [-0.3, -0.25) is 4.57 Å². The molecule has 1 aromatic heterocycles. The van der Waals surface area contributed by atoms with Crippen LogP contribution in [0, 0.1) is 5.92 Å². The molecule has 7 nitrogen and oxygen atoms in total. The van der Waals surface area contributed by atoms with Crippen molar-refractivity contribution in [3.05, 3.63) is 52.2 Å². The molecule has 0 radical (unpaired) electrons. The topological polar surface area (TPSA) is 81.0 Å². The van der Waals surface area contributed by atoms with Crippen molar-refractivity contribution in [1.82, 2.24) is 25.0 Å². The van der Waals surface area contributed by atoms with Gasteiger partial charge in [-0.2, -0.15) is 5.10 Å². The summed E-state index contributed by atoms with van der Waals surface area (Å²) in [5.74, 6) is 1.49. The molecule has 144 valence electrons. The summed E-state index contributed by atoms with van der Waals surface area (Å²) in [7, 11) is 0. The Hall–Kier alpha value is -2.57. The molecule has 2 heterocycles. The largest absolute Gasteiger partial charge is 0.345 e. The quantitative estimate of drug-likeness (QED) is 0.813. The lowest BCUT2D eigenvalue weighted by molar-refractivity contribution is 0.235. The number of nitrogens with one attached hydrogen (secondary N) is 2. The van der Waals surface area contributed by atoms with E-state index >= 15 is 0 Å². The third-order valence-corrected chi connectivity index (χ3v) is 5.42. The zero-order valence-corrected chi connectivity index (χ0v) is 15.6. The van der Waals surface area contributed by atoms with Crippen LogP contribution in [-0.2, 0) is 25.9 Å². The third-order valence-electron chi connectivity index (χ3n) is 5.42. The second-order valence-electron chi connectivity index (χ2n) is 7.64. The number of amides is 2. The van der Waals surface area contributed by atoms with Gasteiger partial charge in [0.15, 0.2) is 0 Å². The molecule has 2 amide bonds. The van der Waals surface area contributed by atoms with Gasteiger partial charge in [-0.15, -0.1) is 0 Å². The molecule has 0 bridgehead atoms. The molecule has 1 atom stereocenters. The number of rotatable bonds is 6. The van der Waals surface area contributed by atoms with Crippen LogP contribution in [0.25, 0.3) is 0 Å². The average Bonchev–Trinajstić information content (AvgIpc) is 3.46. The first kappa shape index (κ1) is 17.8. The van der Waals surface area contributed by atoms with Gasteiger partial charge in [0.2, 0.25) is 0 Å². The molecule has 0 unspecified atom stereocenters. The van der Waals surface area contributed by atoms with Gasteiger partial charge in [0.05, 0.1) is 0 Å². The summed E-state index contributed by atoms with van der Waals surface area (Å²) in [5, 5.41) is 10.5. The normalized spacial score (nSPS) is 19.2. The Balaban J connectivity index is 1.25. The molecular formula is C20H27N5O2. The number of benzene rings is 1. The van der Waals surface area contributed by atoms with E-state index in [-0.39, 0.29) is 17.8 Å². The molecule has 2 N–H and O–H groups in total. The lowest BCUT2D eigenvalue weighted by atomic mass is 10.1. The highest BCUT2D eigenvalue weighted by Crippen LogP contribution is 2.29. The Bertz CT molecular complexity index is 838. The molecule has 1 aliphatic heterocycles. The first-order chi connectivity index (χ1) is 13.2. The summed E-state index contributed by atoms with van der Waals surface area (Å²) >= 11 is 0. The van der Waals surface area contributed by atoms with Crippen LogP contribution in [0.3, 0.4) is 0 Å². The number of urea groups is 1. The molecule has 2 aromatic rings. The monoisotopic (exact) mass is 369 g/mol. The second kappa shape index (κ2) is 7.98. The number of fused-ring (bicyclic) bond motifs is 1. The molecule has 1 aliphatic carbocycles. The van der Waals surface area contributed by atoms with Crippen molar-refractivity contribution in [2.24, 2.45) is 5.92 Å². The van der Waals surface area contributed by atoms with Crippen LogP contribution < -0.4 is 16.3 Å². The number of aromatic nitrogens is 3. The Labute approximate surface area is 158 Å². The molecule has 0 saturated heterocycles. The average molecular weight is 369 g/mol. The van der Waals surface area contributed by atoms with Crippen LogP contribution >= 0.6 is 0 Å². The number of carbonyl (C=O) groups is 1. The van der Waals surface area contributed by atoms with Gasteiger partial charge in [0.25, 0.3) is 0 Å². The van der Waals surface area contributed by atoms with Gasteiger partial charge < -0.3 is 10.6 Å². The van der Waals surface area contributed by atoms with Crippen LogP contribution in [0.5, 0.6) is 0 Å². The summed E-state index contributed by atoms with van der Waals surface area (Å²) < 4.78 is 3.43. The zero-order valence-electron chi connectivity index (χ0n) is 15.6. The molecule has 27 heavy (non-hydrogen) atoms. The van der Waals surface area contributed by atoms with Crippen LogP contribution in [0.15, 0.2) is 35.1 Å². The fourth-order valence-corrected chi connectivity index (χ4v) is 3.64. The predicted octanol–water partition coefficient (Wildman–Crippen LogP) is 1.70. The van der Waals surface area contributed by atoms with Crippen molar-refractivity contribution in [2.75, 3.05) is 6.54 Å². The Morgan fingerprint density at radius 3 is 2.74 bits per heavy atom. The number of aryl methyl sites for hydroxylation is 1. The first-order valence-corrected chi connectivity index (χ1v) is 9.94. The van der Waals surface area contributed by atoms with E-state index in [4.69, 9.17) is 0 Å². The summed E-state index contributed by atoms with van der Waals surface area (Å²) in [6.45, 7) is 1.98. The van der Waals surface area contributed by atoms with E-state index in [0.29, 0.717) is 19.0 Å². The number of carbonyl (C=O) groups excluding carboxylic acids is 1. The molecule has 1 aromatic carbocycles. The highest BCUT2D eigenvalue weighted by molar-refractivity contribution is 5.74. The first-order valence-electron chi connectivity index (χ1n) is 9.94. The van der Waals surface area contributed by atoms with Crippen molar-refractivity contribution in [3.63, 3.8) is 0 Å².